The van der Waals surface area contributed by atoms with Crippen LogP contribution in [0.1, 0.15) is 20.8 Å². The molecule has 0 saturated heterocycles. The average Bonchev–Trinajstić information content (AvgIpc) is 2.11. The van der Waals surface area contributed by atoms with E-state index in [1.807, 2.05) is 39.0 Å². The number of nitrogens with two attached hydrogens (primary N) is 1. The highest BCUT2D eigenvalue weighted by Gasteiger charge is 2.06. The first-order valence-corrected chi connectivity index (χ1v) is 4.94. The third-order valence-electron chi connectivity index (χ3n) is 1.80. The van der Waals surface area contributed by atoms with Crippen LogP contribution < -0.4 is 15.8 Å². The minimum Gasteiger partial charge on any atom is -0.489 e. The number of nitrogens with one attached hydrogen (secondary N) is 1. The molecule has 0 aliphatic heterocycles. The van der Waals surface area contributed by atoms with E-state index < -0.39 is 0 Å². The molecule has 3 N–H and O–H groups in total. The summed E-state index contributed by atoms with van der Waals surface area (Å²) in [5.41, 5.74) is 7.55. The van der Waals surface area contributed by atoms with Crippen LogP contribution in [0, 0.1) is 0 Å². The van der Waals surface area contributed by atoms with E-state index in [1.165, 1.54) is 0 Å². The molecule has 14 heavy (non-hydrogen) atoms. The van der Waals surface area contributed by atoms with Gasteiger partial charge >= 0.3 is 0 Å². The van der Waals surface area contributed by atoms with Crippen LogP contribution in [0.4, 0.5) is 11.4 Å². The molecule has 0 aliphatic rings. The topological polar surface area (TPSA) is 47.3 Å². The Morgan fingerprint density at radius 1 is 1.43 bits per heavy atom. The average molecular weight is 194 g/mol. The summed E-state index contributed by atoms with van der Waals surface area (Å²) in [6.07, 6.45) is 0.147. The number of hydrogen-bond donors (Lipinski definition) is 2. The molecule has 78 valence electrons. The van der Waals surface area contributed by atoms with E-state index in [0.717, 1.165) is 18.0 Å². The van der Waals surface area contributed by atoms with Crippen LogP contribution >= 0.6 is 0 Å². The molecule has 0 spiro atoms. The van der Waals surface area contributed by atoms with E-state index >= 15 is 0 Å². The minimum atomic E-state index is 0.147. The van der Waals surface area contributed by atoms with E-state index in [1.54, 1.807) is 0 Å². The molecule has 0 bridgehead atoms. The zero-order chi connectivity index (χ0) is 10.6. The summed E-state index contributed by atoms with van der Waals surface area (Å²) in [5.74, 6) is 0.749. The first-order chi connectivity index (χ1) is 6.65. The van der Waals surface area contributed by atoms with Gasteiger partial charge in [-0.05, 0) is 32.9 Å². The Bertz CT molecular complexity index is 297. The fourth-order valence-corrected chi connectivity index (χ4v) is 1.25. The van der Waals surface area contributed by atoms with Gasteiger partial charge in [0.2, 0.25) is 0 Å². The number of ether oxygens (including phenoxy) is 1. The molecule has 3 nitrogen and oxygen atoms in total. The number of nitrogen functional groups attached to an aromatic ring is 1. The highest BCUT2D eigenvalue weighted by Crippen LogP contribution is 2.29. The molecule has 0 aromatic heterocycles. The van der Waals surface area contributed by atoms with Crippen molar-refractivity contribution in [1.29, 1.82) is 0 Å². The number of para-hydroxylation sites is 1. The SMILES string of the molecule is CCNc1cccc(OC(C)C)c1N. The largest absolute Gasteiger partial charge is 0.489 e. The fraction of sp³-hybridized carbons (Fsp3) is 0.455. The maximum atomic E-state index is 5.93. The molecule has 0 aliphatic carbocycles. The molecule has 0 unspecified atom stereocenters. The highest BCUT2D eigenvalue weighted by atomic mass is 16.5. The van der Waals surface area contributed by atoms with Crippen LogP contribution in [0.15, 0.2) is 18.2 Å². The molecule has 0 heterocycles. The second kappa shape index (κ2) is 4.74. The van der Waals surface area contributed by atoms with Crippen molar-refractivity contribution in [2.75, 3.05) is 17.6 Å². The van der Waals surface area contributed by atoms with Crippen molar-refractivity contribution in [2.45, 2.75) is 26.9 Å². The minimum absolute atomic E-state index is 0.147. The van der Waals surface area contributed by atoms with Gasteiger partial charge in [0.1, 0.15) is 5.75 Å². The zero-order valence-corrected chi connectivity index (χ0v) is 9.00. The molecule has 3 heteroatoms. The Hall–Kier alpha value is -1.38. The van der Waals surface area contributed by atoms with Crippen LogP contribution in [0.2, 0.25) is 0 Å². The van der Waals surface area contributed by atoms with E-state index in [2.05, 4.69) is 5.32 Å². The summed E-state index contributed by atoms with van der Waals surface area (Å²) in [6.45, 7) is 6.86. The lowest BCUT2D eigenvalue weighted by Gasteiger charge is -2.14. The second-order valence-electron chi connectivity index (χ2n) is 3.41. The summed E-state index contributed by atoms with van der Waals surface area (Å²) in [5, 5.41) is 3.18. The Morgan fingerprint density at radius 2 is 2.14 bits per heavy atom. The Morgan fingerprint density at radius 3 is 2.71 bits per heavy atom. The summed E-state index contributed by atoms with van der Waals surface area (Å²) >= 11 is 0. The van der Waals surface area contributed by atoms with Crippen molar-refractivity contribution in [3.05, 3.63) is 18.2 Å². The molecule has 0 amide bonds. The smallest absolute Gasteiger partial charge is 0.144 e. The predicted octanol–water partition coefficient (Wildman–Crippen LogP) is 2.49. The van der Waals surface area contributed by atoms with Gasteiger partial charge in [-0.25, -0.2) is 0 Å². The van der Waals surface area contributed by atoms with Crippen molar-refractivity contribution < 1.29 is 4.74 Å². The van der Waals surface area contributed by atoms with Gasteiger partial charge in [-0.3, -0.25) is 0 Å². The van der Waals surface area contributed by atoms with Crippen LogP contribution in [0.5, 0.6) is 5.75 Å². The third kappa shape index (κ3) is 2.55. The van der Waals surface area contributed by atoms with Gasteiger partial charge in [-0.1, -0.05) is 6.07 Å². The van der Waals surface area contributed by atoms with Crippen LogP contribution in [-0.4, -0.2) is 12.6 Å². The van der Waals surface area contributed by atoms with Crippen molar-refractivity contribution >= 4 is 11.4 Å². The second-order valence-corrected chi connectivity index (χ2v) is 3.41. The van der Waals surface area contributed by atoms with Crippen molar-refractivity contribution in [3.63, 3.8) is 0 Å². The van der Waals surface area contributed by atoms with Crippen LogP contribution in [-0.2, 0) is 0 Å². The predicted molar refractivity (Wildman–Crippen MR) is 60.8 cm³/mol. The molecule has 0 fully saturated rings. The standard InChI is InChI=1S/C11H18N2O/c1-4-13-9-6-5-7-10(11(9)12)14-8(2)3/h5-8,13H,4,12H2,1-3H3. The summed E-state index contributed by atoms with van der Waals surface area (Å²) in [6, 6.07) is 5.77. The summed E-state index contributed by atoms with van der Waals surface area (Å²) in [7, 11) is 0. The van der Waals surface area contributed by atoms with Gasteiger partial charge in [0.25, 0.3) is 0 Å². The molecule has 0 radical (unpaired) electrons. The van der Waals surface area contributed by atoms with Gasteiger partial charge in [0.15, 0.2) is 0 Å². The third-order valence-corrected chi connectivity index (χ3v) is 1.80. The van der Waals surface area contributed by atoms with Crippen LogP contribution in [0.25, 0.3) is 0 Å². The van der Waals surface area contributed by atoms with Gasteiger partial charge in [-0.2, -0.15) is 0 Å². The van der Waals surface area contributed by atoms with Crippen molar-refractivity contribution in [1.82, 2.24) is 0 Å². The molecule has 1 aromatic carbocycles. The summed E-state index contributed by atoms with van der Waals surface area (Å²) < 4.78 is 5.57. The lowest BCUT2D eigenvalue weighted by molar-refractivity contribution is 0.244. The number of benzene rings is 1. The van der Waals surface area contributed by atoms with Gasteiger partial charge in [-0.15, -0.1) is 0 Å². The van der Waals surface area contributed by atoms with Gasteiger partial charge < -0.3 is 15.8 Å². The molecule has 0 atom stereocenters. The fourth-order valence-electron chi connectivity index (χ4n) is 1.25. The first kappa shape index (κ1) is 10.7. The molecular formula is C11H18N2O. The number of rotatable bonds is 4. The Labute approximate surface area is 85.3 Å². The van der Waals surface area contributed by atoms with E-state index in [0.29, 0.717) is 5.69 Å². The molecular weight excluding hydrogens is 176 g/mol. The van der Waals surface area contributed by atoms with Crippen molar-refractivity contribution in [3.8, 4) is 5.75 Å². The zero-order valence-electron chi connectivity index (χ0n) is 9.00. The van der Waals surface area contributed by atoms with Gasteiger partial charge in [0.05, 0.1) is 17.5 Å². The van der Waals surface area contributed by atoms with Crippen LogP contribution in [0.3, 0.4) is 0 Å². The lowest BCUT2D eigenvalue weighted by atomic mass is 10.2. The molecule has 1 rings (SSSR count). The quantitative estimate of drug-likeness (QED) is 0.724. The van der Waals surface area contributed by atoms with E-state index in [9.17, 15) is 0 Å². The Kier molecular flexibility index (Phi) is 3.63. The highest BCUT2D eigenvalue weighted by molar-refractivity contribution is 5.72. The Balaban J connectivity index is 2.89. The maximum Gasteiger partial charge on any atom is 0.144 e. The van der Waals surface area contributed by atoms with Gasteiger partial charge in [0, 0.05) is 6.54 Å². The van der Waals surface area contributed by atoms with E-state index in [4.69, 9.17) is 10.5 Å². The number of hydrogen-bond acceptors (Lipinski definition) is 3. The monoisotopic (exact) mass is 194 g/mol. The lowest BCUT2D eigenvalue weighted by Crippen LogP contribution is -2.09. The summed E-state index contributed by atoms with van der Waals surface area (Å²) in [4.78, 5) is 0. The molecule has 1 aromatic rings. The molecule has 0 saturated carbocycles. The first-order valence-electron chi connectivity index (χ1n) is 4.94. The number of anilines is 2. The normalized spacial score (nSPS) is 10.3. The van der Waals surface area contributed by atoms with E-state index in [-0.39, 0.29) is 6.10 Å². The van der Waals surface area contributed by atoms with Crippen molar-refractivity contribution in [2.24, 2.45) is 0 Å². The maximum absolute atomic E-state index is 5.93.